The largest absolute Gasteiger partial charge is 0.870 e. The third-order valence-corrected chi connectivity index (χ3v) is 4.55. The highest BCUT2D eigenvalue weighted by atomic mass is 32.1. The molecule has 0 aliphatic heterocycles. The van der Waals surface area contributed by atoms with Gasteiger partial charge >= 0.3 is 0 Å². The van der Waals surface area contributed by atoms with E-state index in [1.54, 1.807) is 0 Å². The summed E-state index contributed by atoms with van der Waals surface area (Å²) >= 11 is 1.84. The summed E-state index contributed by atoms with van der Waals surface area (Å²) in [7, 11) is 0. The van der Waals surface area contributed by atoms with Crippen LogP contribution in [0.3, 0.4) is 0 Å². The molecule has 2 aromatic heterocycles. The zero-order valence-electron chi connectivity index (χ0n) is 10.7. The van der Waals surface area contributed by atoms with Crippen LogP contribution in [0.4, 0.5) is 0 Å². The summed E-state index contributed by atoms with van der Waals surface area (Å²) in [5.41, 5.74) is 1.28. The Morgan fingerprint density at radius 1 is 0.800 bits per heavy atom. The first kappa shape index (κ1) is 12.8. The van der Waals surface area contributed by atoms with Crippen molar-refractivity contribution in [3.63, 3.8) is 0 Å². The minimum Gasteiger partial charge on any atom is -0.870 e. The van der Waals surface area contributed by atoms with E-state index in [0.717, 1.165) is 0 Å². The predicted octanol–water partition coefficient (Wildman–Crippen LogP) is 4.13. The third-order valence-electron chi connectivity index (χ3n) is 3.36. The normalized spacial score (nSPS) is 10.6. The molecule has 0 saturated carbocycles. The van der Waals surface area contributed by atoms with Crippen LogP contribution in [0.25, 0.3) is 26.0 Å². The molecular formula is C17H13NOS. The lowest BCUT2D eigenvalue weighted by Crippen LogP contribution is -2.16. The Kier molecular flexibility index (Phi) is 3.22. The Hall–Kier alpha value is -2.23. The second-order valence-corrected chi connectivity index (χ2v) is 5.61. The van der Waals surface area contributed by atoms with E-state index in [-0.39, 0.29) is 5.48 Å². The van der Waals surface area contributed by atoms with Gasteiger partial charge in [0, 0.05) is 6.07 Å². The van der Waals surface area contributed by atoms with Gasteiger partial charge in [-0.2, -0.15) is 4.40 Å². The molecule has 20 heavy (non-hydrogen) atoms. The van der Waals surface area contributed by atoms with Crippen LogP contribution in [-0.4, -0.2) is 5.48 Å². The van der Waals surface area contributed by atoms with Gasteiger partial charge in [-0.15, -0.1) is 0 Å². The standard InChI is InChI=1S/C17H12NS.H2O/c1-2-7-14(8-3-1)16-12-18-11-10-13-6-4-5-9-15(13)17(18)19-16;/h1-12H;1H2/q+1;/p-1. The van der Waals surface area contributed by atoms with Crippen molar-refractivity contribution in [2.24, 2.45) is 0 Å². The van der Waals surface area contributed by atoms with Crippen molar-refractivity contribution in [2.45, 2.75) is 0 Å². The van der Waals surface area contributed by atoms with Crippen LogP contribution >= 0.6 is 11.3 Å². The van der Waals surface area contributed by atoms with E-state index in [1.807, 2.05) is 11.3 Å². The SMILES string of the molecule is [OH-].c1ccc(-c2c[n+]3ccc4ccccc4c3s2)cc1. The van der Waals surface area contributed by atoms with Crippen LogP contribution in [0.2, 0.25) is 0 Å². The molecule has 2 aromatic carbocycles. The molecule has 0 aliphatic rings. The summed E-state index contributed by atoms with van der Waals surface area (Å²) in [6, 6.07) is 21.3. The highest BCUT2D eigenvalue weighted by molar-refractivity contribution is 7.20. The van der Waals surface area contributed by atoms with Gasteiger partial charge in [0.25, 0.3) is 4.83 Å². The average molecular weight is 279 g/mol. The number of pyridine rings is 1. The smallest absolute Gasteiger partial charge is 0.275 e. The first-order valence-electron chi connectivity index (χ1n) is 6.30. The van der Waals surface area contributed by atoms with Crippen molar-refractivity contribution in [3.8, 4) is 10.4 Å². The molecule has 0 atom stereocenters. The van der Waals surface area contributed by atoms with Crippen molar-refractivity contribution < 1.29 is 9.88 Å². The number of benzene rings is 2. The topological polar surface area (TPSA) is 34.1 Å². The maximum atomic E-state index is 2.22. The maximum absolute atomic E-state index is 2.22. The molecule has 2 nitrogen and oxygen atoms in total. The fraction of sp³-hybridized carbons (Fsp3) is 0. The molecule has 0 radical (unpaired) electrons. The second kappa shape index (κ2) is 5.04. The average Bonchev–Trinajstić information content (AvgIpc) is 2.93. The Balaban J connectivity index is 0.00000121. The number of hydrogen-bond donors (Lipinski definition) is 0. The molecular weight excluding hydrogens is 266 g/mol. The summed E-state index contributed by atoms with van der Waals surface area (Å²) in [5, 5.41) is 2.61. The van der Waals surface area contributed by atoms with Crippen LogP contribution in [0.15, 0.2) is 73.1 Å². The van der Waals surface area contributed by atoms with Crippen molar-refractivity contribution in [2.75, 3.05) is 0 Å². The minimum atomic E-state index is 0. The van der Waals surface area contributed by atoms with Crippen molar-refractivity contribution in [3.05, 3.63) is 73.1 Å². The Morgan fingerprint density at radius 3 is 2.40 bits per heavy atom. The summed E-state index contributed by atoms with van der Waals surface area (Å²) < 4.78 is 2.22. The van der Waals surface area contributed by atoms with Crippen LogP contribution in [0.1, 0.15) is 0 Å². The lowest BCUT2D eigenvalue weighted by Gasteiger charge is -1.92. The summed E-state index contributed by atoms with van der Waals surface area (Å²) in [6.07, 6.45) is 4.35. The van der Waals surface area contributed by atoms with Gasteiger partial charge in [0.1, 0.15) is 4.88 Å². The quantitative estimate of drug-likeness (QED) is 0.482. The molecule has 0 bridgehead atoms. The van der Waals surface area contributed by atoms with E-state index < -0.39 is 0 Å². The molecule has 0 spiro atoms. The number of aromatic nitrogens is 1. The minimum absolute atomic E-state index is 0. The van der Waals surface area contributed by atoms with E-state index in [9.17, 15) is 0 Å². The Labute approximate surface area is 120 Å². The van der Waals surface area contributed by atoms with E-state index in [2.05, 4.69) is 77.5 Å². The van der Waals surface area contributed by atoms with Crippen LogP contribution < -0.4 is 4.40 Å². The molecule has 4 aromatic rings. The van der Waals surface area contributed by atoms with Crippen molar-refractivity contribution >= 4 is 26.9 Å². The molecule has 98 valence electrons. The van der Waals surface area contributed by atoms with E-state index in [0.29, 0.717) is 0 Å². The van der Waals surface area contributed by atoms with E-state index in [1.165, 1.54) is 26.0 Å². The van der Waals surface area contributed by atoms with Crippen LogP contribution in [-0.2, 0) is 0 Å². The lowest BCUT2D eigenvalue weighted by molar-refractivity contribution is -0.505. The van der Waals surface area contributed by atoms with Crippen molar-refractivity contribution in [1.29, 1.82) is 0 Å². The number of fused-ring (bicyclic) bond motifs is 3. The summed E-state index contributed by atoms with van der Waals surface area (Å²) in [6.45, 7) is 0. The predicted molar refractivity (Wildman–Crippen MR) is 82.4 cm³/mol. The Bertz CT molecular complexity index is 868. The summed E-state index contributed by atoms with van der Waals surface area (Å²) in [5.74, 6) is 0. The van der Waals surface area contributed by atoms with Crippen LogP contribution in [0, 0.1) is 0 Å². The summed E-state index contributed by atoms with van der Waals surface area (Å²) in [4.78, 5) is 2.61. The van der Waals surface area contributed by atoms with E-state index >= 15 is 0 Å². The first-order chi connectivity index (χ1) is 9.42. The number of rotatable bonds is 1. The maximum Gasteiger partial charge on any atom is 0.275 e. The second-order valence-electron chi connectivity index (χ2n) is 4.58. The zero-order valence-corrected chi connectivity index (χ0v) is 11.5. The fourth-order valence-corrected chi connectivity index (χ4v) is 3.55. The molecule has 4 rings (SSSR count). The van der Waals surface area contributed by atoms with Gasteiger partial charge in [-0.25, -0.2) is 0 Å². The first-order valence-corrected chi connectivity index (χ1v) is 7.11. The van der Waals surface area contributed by atoms with Gasteiger partial charge in [-0.05, 0) is 17.0 Å². The number of thiazole rings is 1. The molecule has 2 heterocycles. The van der Waals surface area contributed by atoms with Gasteiger partial charge in [0.05, 0.1) is 5.39 Å². The fourth-order valence-electron chi connectivity index (χ4n) is 2.41. The monoisotopic (exact) mass is 279 g/mol. The molecule has 0 saturated heterocycles. The zero-order chi connectivity index (χ0) is 12.7. The lowest BCUT2D eigenvalue weighted by atomic mass is 10.2. The molecule has 0 aliphatic carbocycles. The van der Waals surface area contributed by atoms with Gasteiger partial charge in [-0.3, -0.25) is 0 Å². The van der Waals surface area contributed by atoms with Gasteiger partial charge in [0.2, 0.25) is 0 Å². The highest BCUT2D eigenvalue weighted by Crippen LogP contribution is 2.29. The highest BCUT2D eigenvalue weighted by Gasteiger charge is 2.14. The van der Waals surface area contributed by atoms with Gasteiger partial charge in [-0.1, -0.05) is 59.9 Å². The molecule has 0 fully saturated rings. The molecule has 1 N–H and O–H groups in total. The Morgan fingerprint density at radius 2 is 1.55 bits per heavy atom. The number of hydrogen-bond acceptors (Lipinski definition) is 2. The number of nitrogens with zero attached hydrogens (tertiary/aromatic N) is 1. The van der Waals surface area contributed by atoms with Crippen LogP contribution in [0.5, 0.6) is 0 Å². The molecule has 0 amide bonds. The van der Waals surface area contributed by atoms with Crippen molar-refractivity contribution in [1.82, 2.24) is 0 Å². The molecule has 0 unspecified atom stereocenters. The van der Waals surface area contributed by atoms with Gasteiger partial charge in [0.15, 0.2) is 12.4 Å². The molecule has 3 heteroatoms. The van der Waals surface area contributed by atoms with E-state index in [4.69, 9.17) is 0 Å². The van der Waals surface area contributed by atoms with Gasteiger partial charge < -0.3 is 5.48 Å². The third kappa shape index (κ3) is 1.97.